The highest BCUT2D eigenvalue weighted by Gasteiger charge is 2.31. The molecule has 1 aliphatic carbocycles. The molecule has 0 bridgehead atoms. The van der Waals surface area contributed by atoms with Crippen LogP contribution in [0.25, 0.3) is 0 Å². The van der Waals surface area contributed by atoms with Crippen LogP contribution < -0.4 is 5.32 Å². The molecule has 1 N–H and O–H groups in total. The van der Waals surface area contributed by atoms with Crippen LogP contribution in [0.3, 0.4) is 0 Å². The van der Waals surface area contributed by atoms with Crippen molar-refractivity contribution in [3.8, 4) is 0 Å². The lowest BCUT2D eigenvalue weighted by Gasteiger charge is -2.20. The molecule has 7 nitrogen and oxygen atoms in total. The van der Waals surface area contributed by atoms with Gasteiger partial charge in [0.2, 0.25) is 0 Å². The van der Waals surface area contributed by atoms with E-state index in [1.54, 1.807) is 36.4 Å². The molecule has 0 fully saturated rings. The first kappa shape index (κ1) is 17.4. The van der Waals surface area contributed by atoms with E-state index < -0.39 is 18.5 Å². The summed E-state index contributed by atoms with van der Waals surface area (Å²) in [5.41, 5.74) is 1.33. The molecule has 0 unspecified atom stereocenters. The Bertz CT molecular complexity index is 1110. The second-order valence-electron chi connectivity index (χ2n) is 6.07. The molecular weight excluding hydrogens is 362 g/mol. The van der Waals surface area contributed by atoms with Gasteiger partial charge in [0.15, 0.2) is 18.2 Å². The van der Waals surface area contributed by atoms with Crippen LogP contribution >= 0.6 is 0 Å². The van der Waals surface area contributed by atoms with Gasteiger partial charge in [0.05, 0.1) is 23.1 Å². The van der Waals surface area contributed by atoms with Crippen molar-refractivity contribution in [1.29, 1.82) is 0 Å². The molecule has 28 heavy (non-hydrogen) atoms. The number of furan rings is 1. The number of fused-ring (bicyclic) bond motifs is 2. The number of hydrogen-bond acceptors (Lipinski definition) is 6. The summed E-state index contributed by atoms with van der Waals surface area (Å²) in [4.78, 5) is 49.5. The maximum atomic E-state index is 12.9. The van der Waals surface area contributed by atoms with Crippen molar-refractivity contribution in [3.63, 3.8) is 0 Å². The van der Waals surface area contributed by atoms with Crippen LogP contribution in [0.4, 0.5) is 5.69 Å². The van der Waals surface area contributed by atoms with E-state index in [-0.39, 0.29) is 39.5 Å². The van der Waals surface area contributed by atoms with Crippen LogP contribution in [0.2, 0.25) is 0 Å². The molecule has 2 aromatic carbocycles. The molecule has 4 rings (SSSR count). The number of ether oxygens (including phenoxy) is 1. The van der Waals surface area contributed by atoms with Crippen molar-refractivity contribution < 1.29 is 28.3 Å². The van der Waals surface area contributed by atoms with Crippen molar-refractivity contribution in [2.45, 2.75) is 0 Å². The third-order valence-electron chi connectivity index (χ3n) is 4.32. The number of nitrogens with one attached hydrogen (secondary N) is 1. The molecular formula is C21H13NO6. The lowest BCUT2D eigenvalue weighted by molar-refractivity contribution is -0.119. The van der Waals surface area contributed by atoms with E-state index in [1.165, 1.54) is 24.7 Å². The Labute approximate surface area is 158 Å². The van der Waals surface area contributed by atoms with Gasteiger partial charge < -0.3 is 14.5 Å². The highest BCUT2D eigenvalue weighted by molar-refractivity contribution is 6.30. The minimum atomic E-state index is -0.709. The van der Waals surface area contributed by atoms with E-state index in [9.17, 15) is 19.2 Å². The van der Waals surface area contributed by atoms with Gasteiger partial charge in [-0.3, -0.25) is 14.4 Å². The molecule has 7 heteroatoms. The first-order valence-electron chi connectivity index (χ1n) is 8.37. The van der Waals surface area contributed by atoms with Crippen molar-refractivity contribution >= 4 is 29.1 Å². The Hall–Kier alpha value is -4.00. The van der Waals surface area contributed by atoms with Crippen LogP contribution in [-0.4, -0.2) is 30.0 Å². The fourth-order valence-corrected chi connectivity index (χ4v) is 3.03. The van der Waals surface area contributed by atoms with Crippen LogP contribution in [-0.2, 0) is 9.53 Å². The Morgan fingerprint density at radius 2 is 1.61 bits per heavy atom. The molecule has 1 aliphatic rings. The number of hydrogen-bond donors (Lipinski definition) is 1. The number of rotatable bonds is 4. The summed E-state index contributed by atoms with van der Waals surface area (Å²) in [6.45, 7) is -0.549. The minimum Gasteiger partial charge on any atom is -0.472 e. The molecule has 0 radical (unpaired) electrons. The Balaban J connectivity index is 1.55. The Morgan fingerprint density at radius 3 is 2.32 bits per heavy atom. The zero-order valence-electron chi connectivity index (χ0n) is 14.4. The first-order valence-corrected chi connectivity index (χ1v) is 8.37. The molecule has 1 amide bonds. The van der Waals surface area contributed by atoms with Gasteiger partial charge in [0, 0.05) is 16.7 Å². The predicted molar refractivity (Wildman–Crippen MR) is 97.4 cm³/mol. The standard InChI is InChI=1S/C21H13NO6/c23-17(11-28-21(26)12-8-9-27-10-12)22-16-7-3-6-15-18(16)20(25)14-5-2-1-4-13(14)19(15)24/h1-10H,11H2,(H,22,23). The quantitative estimate of drug-likeness (QED) is 0.550. The molecule has 0 atom stereocenters. The smallest absolute Gasteiger partial charge is 0.341 e. The molecule has 0 aliphatic heterocycles. The first-order chi connectivity index (χ1) is 13.6. The zero-order valence-corrected chi connectivity index (χ0v) is 14.4. The lowest BCUT2D eigenvalue weighted by atomic mass is 9.83. The summed E-state index contributed by atoms with van der Waals surface area (Å²) < 4.78 is 9.69. The van der Waals surface area contributed by atoms with E-state index in [0.29, 0.717) is 5.56 Å². The Morgan fingerprint density at radius 1 is 0.893 bits per heavy atom. The SMILES string of the molecule is O=C(COC(=O)c1ccoc1)Nc1cccc2c1C(=O)c1ccccc1C2=O. The lowest BCUT2D eigenvalue weighted by Crippen LogP contribution is -2.26. The largest absolute Gasteiger partial charge is 0.472 e. The monoisotopic (exact) mass is 375 g/mol. The van der Waals surface area contributed by atoms with Crippen molar-refractivity contribution in [1.82, 2.24) is 0 Å². The molecule has 0 spiro atoms. The van der Waals surface area contributed by atoms with Gasteiger partial charge in [0.25, 0.3) is 5.91 Å². The highest BCUT2D eigenvalue weighted by atomic mass is 16.5. The van der Waals surface area contributed by atoms with Crippen molar-refractivity contribution in [2.24, 2.45) is 0 Å². The van der Waals surface area contributed by atoms with Gasteiger partial charge in [-0.2, -0.15) is 0 Å². The summed E-state index contributed by atoms with van der Waals surface area (Å²) in [5.74, 6) is -1.98. The van der Waals surface area contributed by atoms with Gasteiger partial charge in [-0.05, 0) is 12.1 Å². The zero-order chi connectivity index (χ0) is 19.7. The van der Waals surface area contributed by atoms with E-state index in [1.807, 2.05) is 0 Å². The maximum absolute atomic E-state index is 12.9. The van der Waals surface area contributed by atoms with Crippen LogP contribution in [0, 0.1) is 0 Å². The van der Waals surface area contributed by atoms with Crippen molar-refractivity contribution in [3.05, 3.63) is 88.9 Å². The number of esters is 1. The number of ketones is 2. The van der Waals surface area contributed by atoms with Gasteiger partial charge in [-0.25, -0.2) is 4.79 Å². The average Bonchev–Trinajstić information content (AvgIpc) is 3.25. The summed E-state index contributed by atoms with van der Waals surface area (Å²) in [5, 5.41) is 2.54. The number of carbonyl (C=O) groups excluding carboxylic acids is 4. The van der Waals surface area contributed by atoms with E-state index >= 15 is 0 Å². The predicted octanol–water partition coefficient (Wildman–Crippen LogP) is 2.85. The summed E-state index contributed by atoms with van der Waals surface area (Å²) in [6.07, 6.45) is 2.52. The average molecular weight is 375 g/mol. The molecule has 3 aromatic rings. The summed E-state index contributed by atoms with van der Waals surface area (Å²) >= 11 is 0. The third-order valence-corrected chi connectivity index (χ3v) is 4.32. The van der Waals surface area contributed by atoms with Crippen molar-refractivity contribution in [2.75, 3.05) is 11.9 Å². The van der Waals surface area contributed by atoms with E-state index in [2.05, 4.69) is 5.32 Å². The second-order valence-corrected chi connectivity index (χ2v) is 6.07. The number of carbonyl (C=O) groups is 4. The number of anilines is 1. The number of benzene rings is 2. The van der Waals surface area contributed by atoms with Gasteiger partial charge >= 0.3 is 5.97 Å². The maximum Gasteiger partial charge on any atom is 0.341 e. The second kappa shape index (κ2) is 6.96. The fraction of sp³-hybridized carbons (Fsp3) is 0.0476. The van der Waals surface area contributed by atoms with Gasteiger partial charge in [0.1, 0.15) is 6.26 Å². The molecule has 0 saturated heterocycles. The molecule has 0 saturated carbocycles. The molecule has 138 valence electrons. The summed E-state index contributed by atoms with van der Waals surface area (Å²) in [7, 11) is 0. The Kier molecular flexibility index (Phi) is 4.33. The number of amides is 1. The molecule has 1 heterocycles. The fourth-order valence-electron chi connectivity index (χ4n) is 3.03. The van der Waals surface area contributed by atoms with Crippen LogP contribution in [0.5, 0.6) is 0 Å². The van der Waals surface area contributed by atoms with E-state index in [0.717, 1.165) is 0 Å². The van der Waals surface area contributed by atoms with Gasteiger partial charge in [-0.15, -0.1) is 0 Å². The summed E-state index contributed by atoms with van der Waals surface area (Å²) in [6, 6.07) is 12.6. The van der Waals surface area contributed by atoms with Crippen LogP contribution in [0.1, 0.15) is 42.2 Å². The normalized spacial score (nSPS) is 12.1. The third kappa shape index (κ3) is 2.99. The minimum absolute atomic E-state index is 0.126. The van der Waals surface area contributed by atoms with E-state index in [4.69, 9.17) is 9.15 Å². The van der Waals surface area contributed by atoms with Crippen LogP contribution in [0.15, 0.2) is 65.5 Å². The topological polar surface area (TPSA) is 103 Å². The molecule has 1 aromatic heterocycles. The van der Waals surface area contributed by atoms with Gasteiger partial charge in [-0.1, -0.05) is 36.4 Å². The highest BCUT2D eigenvalue weighted by Crippen LogP contribution is 2.31.